The first kappa shape index (κ1) is 17.3. The Morgan fingerprint density at radius 2 is 2.24 bits per heavy atom. The van der Waals surface area contributed by atoms with Crippen LogP contribution in [0.4, 0.5) is 5.82 Å². The molecule has 1 atom stereocenters. The van der Waals surface area contributed by atoms with Crippen LogP contribution in [0.2, 0.25) is 0 Å². The minimum atomic E-state index is -0.958. The highest BCUT2D eigenvalue weighted by atomic mass is 16.3. The average Bonchev–Trinajstić information content (AvgIpc) is 3.00. The van der Waals surface area contributed by atoms with E-state index in [4.69, 9.17) is 0 Å². The number of aliphatic hydroxyl groups is 1. The number of hydrogen-bond acceptors (Lipinski definition) is 6. The summed E-state index contributed by atoms with van der Waals surface area (Å²) in [6, 6.07) is 0. The van der Waals surface area contributed by atoms with Crippen molar-refractivity contribution < 1.29 is 9.90 Å². The van der Waals surface area contributed by atoms with Crippen molar-refractivity contribution in [2.45, 2.75) is 31.9 Å². The number of carbonyl (C=O) groups excluding carboxylic acids is 1. The number of aryl methyl sites for hydroxylation is 1. The lowest BCUT2D eigenvalue weighted by Gasteiger charge is -2.41. The molecule has 1 fully saturated rings. The summed E-state index contributed by atoms with van der Waals surface area (Å²) < 4.78 is 1.62. The summed E-state index contributed by atoms with van der Waals surface area (Å²) in [7, 11) is 1.72. The molecule has 2 aromatic rings. The molecule has 1 saturated heterocycles. The molecule has 3 rings (SSSR count). The molecule has 0 aliphatic carbocycles. The largest absolute Gasteiger partial charge is 0.386 e. The molecular formula is C17H24N6O2. The topological polar surface area (TPSA) is 87.4 Å². The van der Waals surface area contributed by atoms with Crippen molar-refractivity contribution >= 4 is 11.7 Å². The smallest absolute Gasteiger partial charge is 0.244 e. The minimum absolute atomic E-state index is 0.0758. The number of β-amino-alcohol motifs (C(OH)–C–C–N with tert-alkyl or cyclic N) is 1. The van der Waals surface area contributed by atoms with Crippen molar-refractivity contribution in [2.24, 2.45) is 0 Å². The molecule has 8 nitrogen and oxygen atoms in total. The lowest BCUT2D eigenvalue weighted by Crippen LogP contribution is -2.55. The van der Waals surface area contributed by atoms with Gasteiger partial charge in [-0.15, -0.1) is 0 Å². The van der Waals surface area contributed by atoms with Gasteiger partial charge in [0, 0.05) is 38.7 Å². The molecule has 1 N–H and O–H groups in total. The molecule has 0 spiro atoms. The second kappa shape index (κ2) is 7.18. The predicted octanol–water partition coefficient (Wildman–Crippen LogP) is 0.471. The lowest BCUT2D eigenvalue weighted by atomic mass is 9.92. The van der Waals surface area contributed by atoms with Crippen LogP contribution >= 0.6 is 0 Å². The van der Waals surface area contributed by atoms with Gasteiger partial charge in [-0.2, -0.15) is 5.10 Å². The first-order valence-corrected chi connectivity index (χ1v) is 8.42. The van der Waals surface area contributed by atoms with Gasteiger partial charge in [0.15, 0.2) is 0 Å². The highest BCUT2D eigenvalue weighted by Gasteiger charge is 2.36. The van der Waals surface area contributed by atoms with Crippen molar-refractivity contribution in [3.8, 4) is 0 Å². The Labute approximate surface area is 147 Å². The summed E-state index contributed by atoms with van der Waals surface area (Å²) in [5.74, 6) is 0.676. The first-order chi connectivity index (χ1) is 12.0. The molecule has 25 heavy (non-hydrogen) atoms. The molecule has 0 bridgehead atoms. The van der Waals surface area contributed by atoms with E-state index in [0.29, 0.717) is 13.0 Å². The van der Waals surface area contributed by atoms with Gasteiger partial charge < -0.3 is 14.9 Å². The average molecular weight is 344 g/mol. The molecule has 1 aliphatic rings. The fourth-order valence-corrected chi connectivity index (χ4v) is 3.23. The van der Waals surface area contributed by atoms with Crippen molar-refractivity contribution in [1.82, 2.24) is 24.6 Å². The Bertz CT molecular complexity index is 719. The molecule has 1 unspecified atom stereocenters. The summed E-state index contributed by atoms with van der Waals surface area (Å²) in [5, 5.41) is 15.1. The number of amides is 1. The molecule has 1 aliphatic heterocycles. The van der Waals surface area contributed by atoms with E-state index in [-0.39, 0.29) is 19.0 Å². The summed E-state index contributed by atoms with van der Waals surface area (Å²) in [6.45, 7) is 3.65. The minimum Gasteiger partial charge on any atom is -0.386 e. The standard InChI is InChI=1S/C17H24N6O2/c1-14-8-20-23(10-14)11-16(24)21(2)12-17(25)4-3-7-22(13-17)15-9-18-5-6-19-15/h5-6,8-10,25H,3-4,7,11-13H2,1-2H3. The third kappa shape index (κ3) is 4.33. The normalized spacial score (nSPS) is 20.5. The predicted molar refractivity (Wildman–Crippen MR) is 93.0 cm³/mol. The zero-order valence-electron chi connectivity index (χ0n) is 14.7. The number of rotatable bonds is 5. The Hall–Kier alpha value is -2.48. The van der Waals surface area contributed by atoms with Crippen LogP contribution in [0.25, 0.3) is 0 Å². The van der Waals surface area contributed by atoms with Crippen molar-refractivity contribution in [2.75, 3.05) is 31.6 Å². The van der Waals surface area contributed by atoms with Crippen LogP contribution in [0.5, 0.6) is 0 Å². The fourth-order valence-electron chi connectivity index (χ4n) is 3.23. The van der Waals surface area contributed by atoms with Crippen LogP contribution in [-0.4, -0.2) is 67.9 Å². The van der Waals surface area contributed by atoms with E-state index in [0.717, 1.165) is 24.3 Å². The number of nitrogens with zero attached hydrogens (tertiary/aromatic N) is 6. The molecule has 134 valence electrons. The molecule has 0 radical (unpaired) electrons. The van der Waals surface area contributed by atoms with Crippen LogP contribution in [-0.2, 0) is 11.3 Å². The maximum absolute atomic E-state index is 12.4. The Balaban J connectivity index is 1.61. The summed E-state index contributed by atoms with van der Waals surface area (Å²) >= 11 is 0. The molecule has 3 heterocycles. The van der Waals surface area contributed by atoms with Gasteiger partial charge >= 0.3 is 0 Å². The van der Waals surface area contributed by atoms with Crippen molar-refractivity contribution in [3.05, 3.63) is 36.5 Å². The number of aromatic nitrogens is 4. The second-order valence-corrected chi connectivity index (χ2v) is 6.78. The Morgan fingerprint density at radius 3 is 2.92 bits per heavy atom. The maximum Gasteiger partial charge on any atom is 0.244 e. The first-order valence-electron chi connectivity index (χ1n) is 8.42. The van der Waals surface area contributed by atoms with Gasteiger partial charge in [0.25, 0.3) is 0 Å². The number of piperidine rings is 1. The van der Waals surface area contributed by atoms with E-state index >= 15 is 0 Å². The van der Waals surface area contributed by atoms with Crippen molar-refractivity contribution in [3.63, 3.8) is 0 Å². The van der Waals surface area contributed by atoms with Gasteiger partial charge in [-0.05, 0) is 25.3 Å². The van der Waals surface area contributed by atoms with Crippen LogP contribution in [0.1, 0.15) is 18.4 Å². The zero-order chi connectivity index (χ0) is 17.9. The maximum atomic E-state index is 12.4. The third-order valence-corrected chi connectivity index (χ3v) is 4.45. The Kier molecular flexibility index (Phi) is 4.98. The SMILES string of the molecule is Cc1cnn(CC(=O)N(C)CC2(O)CCCN(c3cnccn3)C2)c1. The van der Waals surface area contributed by atoms with Crippen LogP contribution < -0.4 is 4.90 Å². The van der Waals surface area contributed by atoms with Crippen molar-refractivity contribution in [1.29, 1.82) is 0 Å². The van der Waals surface area contributed by atoms with Gasteiger partial charge in [-0.3, -0.25) is 14.5 Å². The molecule has 1 amide bonds. The lowest BCUT2D eigenvalue weighted by molar-refractivity contribution is -0.134. The van der Waals surface area contributed by atoms with Gasteiger partial charge in [0.1, 0.15) is 12.4 Å². The summed E-state index contributed by atoms with van der Waals surface area (Å²) in [6.07, 6.45) is 10.0. The van der Waals surface area contributed by atoms with Crippen LogP contribution in [0, 0.1) is 6.92 Å². The highest BCUT2D eigenvalue weighted by molar-refractivity contribution is 5.75. The fraction of sp³-hybridized carbons (Fsp3) is 0.529. The van der Waals surface area contributed by atoms with E-state index in [1.54, 1.807) is 41.4 Å². The Morgan fingerprint density at radius 1 is 1.40 bits per heavy atom. The van der Waals surface area contributed by atoms with Gasteiger partial charge in [-0.25, -0.2) is 4.98 Å². The second-order valence-electron chi connectivity index (χ2n) is 6.78. The monoisotopic (exact) mass is 344 g/mol. The van der Waals surface area contributed by atoms with Crippen LogP contribution in [0.15, 0.2) is 31.0 Å². The number of anilines is 1. The van der Waals surface area contributed by atoms with E-state index in [1.165, 1.54) is 0 Å². The number of likely N-dealkylation sites (N-methyl/N-ethyl adjacent to an activating group) is 1. The zero-order valence-corrected chi connectivity index (χ0v) is 14.7. The molecule has 0 saturated carbocycles. The molecular weight excluding hydrogens is 320 g/mol. The van der Waals surface area contributed by atoms with E-state index in [2.05, 4.69) is 15.1 Å². The van der Waals surface area contributed by atoms with E-state index in [9.17, 15) is 9.90 Å². The quantitative estimate of drug-likeness (QED) is 0.848. The van der Waals surface area contributed by atoms with E-state index < -0.39 is 5.60 Å². The summed E-state index contributed by atoms with van der Waals surface area (Å²) in [5.41, 5.74) is 0.0567. The van der Waals surface area contributed by atoms with Gasteiger partial charge in [-0.1, -0.05) is 0 Å². The van der Waals surface area contributed by atoms with Gasteiger partial charge in [0.05, 0.1) is 24.5 Å². The highest BCUT2D eigenvalue weighted by Crippen LogP contribution is 2.25. The van der Waals surface area contributed by atoms with Crippen LogP contribution in [0.3, 0.4) is 0 Å². The molecule has 8 heteroatoms. The molecule has 2 aromatic heterocycles. The number of hydrogen-bond donors (Lipinski definition) is 1. The third-order valence-electron chi connectivity index (χ3n) is 4.45. The molecule has 0 aromatic carbocycles. The van der Waals surface area contributed by atoms with Gasteiger partial charge in [0.2, 0.25) is 5.91 Å². The number of carbonyl (C=O) groups is 1. The summed E-state index contributed by atoms with van der Waals surface area (Å²) in [4.78, 5) is 24.4. The van der Waals surface area contributed by atoms with E-state index in [1.807, 2.05) is 18.0 Å².